The maximum atomic E-state index is 12.3. The molecule has 24 heavy (non-hydrogen) atoms. The smallest absolute Gasteiger partial charge is 0.232 e. The maximum absolute atomic E-state index is 12.3. The number of pyridine rings is 2. The molecule has 2 aromatic carbocycles. The summed E-state index contributed by atoms with van der Waals surface area (Å²) < 4.78 is 1.54. The van der Waals surface area contributed by atoms with Gasteiger partial charge in [-0.25, -0.2) is 0 Å². The van der Waals surface area contributed by atoms with Gasteiger partial charge in [0.15, 0.2) is 12.4 Å². The minimum Gasteiger partial charge on any atom is -0.618 e. The molecule has 0 unspecified atom stereocenters. The van der Waals surface area contributed by atoms with Gasteiger partial charge >= 0.3 is 0 Å². The van der Waals surface area contributed by atoms with Crippen LogP contribution in [0.3, 0.4) is 0 Å². The largest absolute Gasteiger partial charge is 0.618 e. The van der Waals surface area contributed by atoms with Gasteiger partial charge in [0.05, 0.1) is 11.1 Å². The molecular formula is C18H10Cl2N2O2. The zero-order valence-electron chi connectivity index (χ0n) is 12.2. The van der Waals surface area contributed by atoms with E-state index in [1.165, 1.54) is 12.4 Å². The van der Waals surface area contributed by atoms with E-state index in [0.717, 1.165) is 9.46 Å². The van der Waals surface area contributed by atoms with Gasteiger partial charge in [0.25, 0.3) is 0 Å². The first-order valence-electron chi connectivity index (χ1n) is 7.18. The molecule has 118 valence electrons. The molecule has 0 radical (unpaired) electrons. The fourth-order valence-electron chi connectivity index (χ4n) is 3.00. The van der Waals surface area contributed by atoms with Gasteiger partial charge in [-0.2, -0.15) is 9.46 Å². The Kier molecular flexibility index (Phi) is 3.44. The first-order valence-corrected chi connectivity index (χ1v) is 7.93. The van der Waals surface area contributed by atoms with Crippen molar-refractivity contribution in [3.63, 3.8) is 0 Å². The van der Waals surface area contributed by atoms with Crippen molar-refractivity contribution in [2.75, 3.05) is 0 Å². The minimum absolute atomic E-state index is 0.439. The molecule has 4 aromatic rings. The van der Waals surface area contributed by atoms with Crippen molar-refractivity contribution in [1.82, 2.24) is 0 Å². The Balaban J connectivity index is 2.22. The highest BCUT2D eigenvalue weighted by atomic mass is 35.5. The molecular weight excluding hydrogens is 347 g/mol. The second kappa shape index (κ2) is 5.51. The lowest BCUT2D eigenvalue weighted by molar-refractivity contribution is -0.577. The quantitative estimate of drug-likeness (QED) is 0.378. The van der Waals surface area contributed by atoms with Crippen LogP contribution in [0.4, 0.5) is 0 Å². The minimum atomic E-state index is 0.439. The average Bonchev–Trinajstić information content (AvgIpc) is 2.53. The molecule has 4 rings (SSSR count). The average molecular weight is 357 g/mol. The molecule has 0 aliphatic rings. The van der Waals surface area contributed by atoms with E-state index in [0.29, 0.717) is 43.0 Å². The van der Waals surface area contributed by atoms with Gasteiger partial charge in [-0.05, 0) is 36.4 Å². The van der Waals surface area contributed by atoms with Crippen molar-refractivity contribution in [2.24, 2.45) is 0 Å². The van der Waals surface area contributed by atoms with Crippen LogP contribution in [0.15, 0.2) is 60.9 Å². The first kappa shape index (κ1) is 15.0. The number of hydrogen-bond donors (Lipinski definition) is 0. The van der Waals surface area contributed by atoms with Gasteiger partial charge < -0.3 is 10.4 Å². The summed E-state index contributed by atoms with van der Waals surface area (Å²) in [7, 11) is 0. The van der Waals surface area contributed by atoms with Crippen LogP contribution in [0.2, 0.25) is 10.0 Å². The van der Waals surface area contributed by atoms with Crippen LogP contribution in [-0.4, -0.2) is 0 Å². The van der Waals surface area contributed by atoms with Gasteiger partial charge in [0, 0.05) is 33.0 Å². The van der Waals surface area contributed by atoms with Crippen LogP contribution in [0.1, 0.15) is 0 Å². The Bertz CT molecular complexity index is 1020. The fraction of sp³-hybridized carbons (Fsp3) is 0. The van der Waals surface area contributed by atoms with Gasteiger partial charge in [0.1, 0.15) is 0 Å². The van der Waals surface area contributed by atoms with Crippen molar-refractivity contribution in [3.8, 4) is 11.1 Å². The van der Waals surface area contributed by atoms with Crippen LogP contribution in [0.5, 0.6) is 0 Å². The Hall–Kier alpha value is -2.56. The standard InChI is InChI=1S/C18H10Cl2N2O2/c19-13-7-11-3-1-5-21(23)17(11)15(9-13)16-10-14(20)8-12-4-2-6-22(24)18(12)16/h1-10H. The van der Waals surface area contributed by atoms with E-state index < -0.39 is 0 Å². The summed E-state index contributed by atoms with van der Waals surface area (Å²) in [6.45, 7) is 0. The lowest BCUT2D eigenvalue weighted by atomic mass is 9.99. The van der Waals surface area contributed by atoms with Crippen LogP contribution < -0.4 is 9.46 Å². The summed E-state index contributed by atoms with van der Waals surface area (Å²) >= 11 is 12.5. The molecule has 0 bridgehead atoms. The molecule has 4 nitrogen and oxygen atoms in total. The van der Waals surface area contributed by atoms with E-state index in [-0.39, 0.29) is 0 Å². The second-order valence-electron chi connectivity index (χ2n) is 5.45. The Morgan fingerprint density at radius 1 is 0.667 bits per heavy atom. The molecule has 0 aliphatic carbocycles. The normalized spacial score (nSPS) is 11.2. The molecule has 0 aliphatic heterocycles. The third-order valence-corrected chi connectivity index (χ3v) is 4.37. The van der Waals surface area contributed by atoms with E-state index in [1.807, 2.05) is 0 Å². The predicted octanol–water partition coefficient (Wildman–Crippen LogP) is 4.23. The molecule has 0 fully saturated rings. The van der Waals surface area contributed by atoms with Crippen molar-refractivity contribution >= 4 is 45.0 Å². The summed E-state index contributed by atoms with van der Waals surface area (Å²) in [6, 6.07) is 13.7. The van der Waals surface area contributed by atoms with E-state index in [1.54, 1.807) is 48.5 Å². The molecule has 0 spiro atoms. The van der Waals surface area contributed by atoms with E-state index in [4.69, 9.17) is 23.2 Å². The van der Waals surface area contributed by atoms with Gasteiger partial charge in [-0.3, -0.25) is 0 Å². The summed E-state index contributed by atoms with van der Waals surface area (Å²) in [4.78, 5) is 0. The SMILES string of the molecule is [O-][n+]1cccc2cc(Cl)cc(-c3cc(Cl)cc4ccc[n+]([O-])c34)c21. The summed E-state index contributed by atoms with van der Waals surface area (Å²) in [5.41, 5.74) is 2.01. The van der Waals surface area contributed by atoms with E-state index in [9.17, 15) is 10.4 Å². The zero-order valence-corrected chi connectivity index (χ0v) is 13.8. The van der Waals surface area contributed by atoms with Crippen molar-refractivity contribution in [2.45, 2.75) is 0 Å². The number of benzene rings is 2. The molecule has 0 atom stereocenters. The van der Waals surface area contributed by atoms with Crippen LogP contribution >= 0.6 is 23.2 Å². The monoisotopic (exact) mass is 356 g/mol. The molecule has 6 heteroatoms. The fourth-order valence-corrected chi connectivity index (χ4v) is 3.45. The second-order valence-corrected chi connectivity index (χ2v) is 6.32. The first-order chi connectivity index (χ1) is 11.5. The van der Waals surface area contributed by atoms with Gasteiger partial charge in [-0.1, -0.05) is 23.2 Å². The Morgan fingerprint density at radius 3 is 1.50 bits per heavy atom. The van der Waals surface area contributed by atoms with Crippen LogP contribution in [0, 0.1) is 10.4 Å². The molecule has 0 amide bonds. The molecule has 0 saturated carbocycles. The topological polar surface area (TPSA) is 53.9 Å². The number of hydrogen-bond acceptors (Lipinski definition) is 2. The van der Waals surface area contributed by atoms with E-state index in [2.05, 4.69) is 0 Å². The number of halogens is 2. The highest BCUT2D eigenvalue weighted by Crippen LogP contribution is 2.35. The molecule has 2 aromatic heterocycles. The van der Waals surface area contributed by atoms with Crippen molar-refractivity contribution in [1.29, 1.82) is 0 Å². The number of aromatic nitrogens is 2. The summed E-state index contributed by atoms with van der Waals surface area (Å²) in [6.07, 6.45) is 2.83. The third kappa shape index (κ3) is 2.31. The van der Waals surface area contributed by atoms with Crippen molar-refractivity contribution in [3.05, 3.63) is 81.4 Å². The highest BCUT2D eigenvalue weighted by molar-refractivity contribution is 6.33. The number of fused-ring (bicyclic) bond motifs is 2. The molecule has 0 saturated heterocycles. The van der Waals surface area contributed by atoms with Crippen LogP contribution in [0.25, 0.3) is 32.9 Å². The summed E-state index contributed by atoms with van der Waals surface area (Å²) in [5.74, 6) is 0. The molecule has 2 heterocycles. The lowest BCUT2D eigenvalue weighted by Gasteiger charge is -2.11. The zero-order chi connectivity index (χ0) is 16.8. The summed E-state index contributed by atoms with van der Waals surface area (Å²) in [5, 5.41) is 27.0. The van der Waals surface area contributed by atoms with Gasteiger partial charge in [-0.15, -0.1) is 0 Å². The third-order valence-electron chi connectivity index (χ3n) is 3.93. The predicted molar refractivity (Wildman–Crippen MR) is 94.8 cm³/mol. The van der Waals surface area contributed by atoms with Gasteiger partial charge in [0.2, 0.25) is 11.0 Å². The number of rotatable bonds is 1. The van der Waals surface area contributed by atoms with Crippen LogP contribution in [-0.2, 0) is 0 Å². The maximum Gasteiger partial charge on any atom is 0.232 e. The highest BCUT2D eigenvalue weighted by Gasteiger charge is 2.20. The van der Waals surface area contributed by atoms with Crippen molar-refractivity contribution < 1.29 is 9.46 Å². The molecule has 0 N–H and O–H groups in total. The Morgan fingerprint density at radius 2 is 1.08 bits per heavy atom. The Labute approximate surface area is 147 Å². The van der Waals surface area contributed by atoms with E-state index >= 15 is 0 Å². The lowest BCUT2D eigenvalue weighted by Crippen LogP contribution is -2.28. The number of nitrogens with zero attached hydrogens (tertiary/aromatic N) is 2.